The van der Waals surface area contributed by atoms with Gasteiger partial charge in [0.2, 0.25) is 5.82 Å². The van der Waals surface area contributed by atoms with E-state index in [0.29, 0.717) is 0 Å². The molecular formula is C13H19N3O3. The van der Waals surface area contributed by atoms with Crippen molar-refractivity contribution in [1.29, 1.82) is 0 Å². The number of anilines is 1. The minimum atomic E-state index is -0.530. The highest BCUT2D eigenvalue weighted by atomic mass is 16.5. The Morgan fingerprint density at radius 3 is 3.16 bits per heavy atom. The number of nitrogens with zero attached hydrogens (tertiary/aromatic N) is 3. The molecule has 0 spiro atoms. The Kier molecular flexibility index (Phi) is 4.68. The number of ether oxygens (including phenoxy) is 1. The average Bonchev–Trinajstić information content (AvgIpc) is 2.47. The SMILES string of the molecule is COC(=O)c1nccc(N2CCCCC2CCO)n1. The molecule has 1 saturated heterocycles. The zero-order chi connectivity index (χ0) is 13.7. The predicted molar refractivity (Wildman–Crippen MR) is 70.1 cm³/mol. The third kappa shape index (κ3) is 3.20. The van der Waals surface area contributed by atoms with Gasteiger partial charge >= 0.3 is 5.97 Å². The van der Waals surface area contributed by atoms with Crippen LogP contribution in [-0.2, 0) is 4.74 Å². The normalized spacial score (nSPS) is 19.3. The summed E-state index contributed by atoms with van der Waals surface area (Å²) in [6, 6.07) is 2.07. The first-order chi connectivity index (χ1) is 9.26. The fourth-order valence-electron chi connectivity index (χ4n) is 2.45. The Bertz CT molecular complexity index is 437. The highest BCUT2D eigenvalue weighted by Gasteiger charge is 2.24. The summed E-state index contributed by atoms with van der Waals surface area (Å²) in [5.41, 5.74) is 0. The maximum Gasteiger partial charge on any atom is 0.376 e. The molecule has 0 amide bonds. The van der Waals surface area contributed by atoms with Gasteiger partial charge in [0.15, 0.2) is 0 Å². The van der Waals surface area contributed by atoms with Gasteiger partial charge in [0, 0.05) is 25.4 Å². The van der Waals surface area contributed by atoms with Crippen LogP contribution in [0, 0.1) is 0 Å². The fraction of sp³-hybridized carbons (Fsp3) is 0.615. The van der Waals surface area contributed by atoms with Gasteiger partial charge in [-0.3, -0.25) is 0 Å². The van der Waals surface area contributed by atoms with E-state index in [1.807, 2.05) is 0 Å². The minimum absolute atomic E-state index is 0.0771. The molecule has 1 fully saturated rings. The molecule has 1 N–H and O–H groups in total. The zero-order valence-electron chi connectivity index (χ0n) is 11.1. The number of aliphatic hydroxyl groups is 1. The lowest BCUT2D eigenvalue weighted by Gasteiger charge is -2.36. The molecule has 0 saturated carbocycles. The summed E-state index contributed by atoms with van der Waals surface area (Å²) in [7, 11) is 1.31. The molecule has 1 aromatic rings. The quantitative estimate of drug-likeness (QED) is 0.819. The smallest absolute Gasteiger partial charge is 0.376 e. The van der Waals surface area contributed by atoms with Gasteiger partial charge in [-0.2, -0.15) is 0 Å². The second-order valence-corrected chi connectivity index (χ2v) is 4.59. The minimum Gasteiger partial charge on any atom is -0.463 e. The van der Waals surface area contributed by atoms with Crippen LogP contribution in [0.5, 0.6) is 0 Å². The molecule has 0 radical (unpaired) electrons. The van der Waals surface area contributed by atoms with Crippen LogP contribution in [0.1, 0.15) is 36.3 Å². The summed E-state index contributed by atoms with van der Waals surface area (Å²) >= 11 is 0. The lowest BCUT2D eigenvalue weighted by Crippen LogP contribution is -2.40. The molecule has 6 nitrogen and oxygen atoms in total. The van der Waals surface area contributed by atoms with E-state index in [-0.39, 0.29) is 18.5 Å². The van der Waals surface area contributed by atoms with Crippen LogP contribution in [-0.4, -0.2) is 47.3 Å². The highest BCUT2D eigenvalue weighted by Crippen LogP contribution is 2.24. The van der Waals surface area contributed by atoms with E-state index in [1.54, 1.807) is 12.3 Å². The van der Waals surface area contributed by atoms with Crippen molar-refractivity contribution < 1.29 is 14.6 Å². The summed E-state index contributed by atoms with van der Waals surface area (Å²) in [4.78, 5) is 21.8. The second kappa shape index (κ2) is 6.47. The van der Waals surface area contributed by atoms with E-state index in [9.17, 15) is 4.79 Å². The van der Waals surface area contributed by atoms with Gasteiger partial charge in [-0.25, -0.2) is 14.8 Å². The van der Waals surface area contributed by atoms with Gasteiger partial charge in [0.05, 0.1) is 7.11 Å². The van der Waals surface area contributed by atoms with Crippen LogP contribution in [0.2, 0.25) is 0 Å². The molecular weight excluding hydrogens is 246 g/mol. The van der Waals surface area contributed by atoms with Crippen molar-refractivity contribution in [2.45, 2.75) is 31.7 Å². The van der Waals surface area contributed by atoms with Crippen LogP contribution in [0.3, 0.4) is 0 Å². The standard InChI is InChI=1S/C13H19N3O3/c1-19-13(18)12-14-7-5-11(15-12)16-8-3-2-4-10(16)6-9-17/h5,7,10,17H,2-4,6,8-9H2,1H3. The number of methoxy groups -OCH3 is 1. The molecule has 0 bridgehead atoms. The number of hydrogen-bond donors (Lipinski definition) is 1. The Morgan fingerprint density at radius 1 is 1.58 bits per heavy atom. The Hall–Kier alpha value is -1.69. The topological polar surface area (TPSA) is 75.5 Å². The summed E-state index contributed by atoms with van der Waals surface area (Å²) in [6.45, 7) is 1.05. The van der Waals surface area contributed by atoms with E-state index < -0.39 is 5.97 Å². The number of aromatic nitrogens is 2. The van der Waals surface area contributed by atoms with Gasteiger partial charge in [-0.15, -0.1) is 0 Å². The molecule has 104 valence electrons. The summed E-state index contributed by atoms with van der Waals surface area (Å²) in [6.07, 6.45) is 5.59. The number of esters is 1. The second-order valence-electron chi connectivity index (χ2n) is 4.59. The van der Waals surface area contributed by atoms with Crippen molar-refractivity contribution in [2.24, 2.45) is 0 Å². The monoisotopic (exact) mass is 265 g/mol. The van der Waals surface area contributed by atoms with Gasteiger partial charge in [-0.1, -0.05) is 0 Å². The Balaban J connectivity index is 2.21. The summed E-state index contributed by atoms with van der Waals surface area (Å²) < 4.78 is 4.63. The molecule has 0 aromatic carbocycles. The number of hydrogen-bond acceptors (Lipinski definition) is 6. The van der Waals surface area contributed by atoms with E-state index >= 15 is 0 Å². The zero-order valence-corrected chi connectivity index (χ0v) is 11.1. The van der Waals surface area contributed by atoms with Crippen LogP contribution in [0.4, 0.5) is 5.82 Å². The van der Waals surface area contributed by atoms with Gasteiger partial charge < -0.3 is 14.7 Å². The van der Waals surface area contributed by atoms with Crippen molar-refractivity contribution in [2.75, 3.05) is 25.2 Å². The fourth-order valence-corrected chi connectivity index (χ4v) is 2.45. The first-order valence-corrected chi connectivity index (χ1v) is 6.55. The largest absolute Gasteiger partial charge is 0.463 e. The molecule has 1 aliphatic rings. The molecule has 2 heterocycles. The number of piperidine rings is 1. The molecule has 2 rings (SSSR count). The van der Waals surface area contributed by atoms with E-state index in [2.05, 4.69) is 19.6 Å². The molecule has 0 aliphatic carbocycles. The maximum absolute atomic E-state index is 11.4. The Labute approximate surface area is 112 Å². The molecule has 19 heavy (non-hydrogen) atoms. The predicted octanol–water partition coefficient (Wildman–Crippen LogP) is 1.00. The third-order valence-corrected chi connectivity index (χ3v) is 3.39. The highest BCUT2D eigenvalue weighted by molar-refractivity contribution is 5.85. The van der Waals surface area contributed by atoms with Crippen molar-refractivity contribution >= 4 is 11.8 Å². The van der Waals surface area contributed by atoms with E-state index in [0.717, 1.165) is 38.0 Å². The van der Waals surface area contributed by atoms with E-state index in [4.69, 9.17) is 5.11 Å². The van der Waals surface area contributed by atoms with E-state index in [1.165, 1.54) is 7.11 Å². The average molecular weight is 265 g/mol. The lowest BCUT2D eigenvalue weighted by atomic mass is 10.00. The first kappa shape index (κ1) is 13.7. The molecule has 1 aliphatic heterocycles. The van der Waals surface area contributed by atoms with Gasteiger partial charge in [-0.05, 0) is 31.7 Å². The van der Waals surface area contributed by atoms with Crippen LogP contribution in [0.15, 0.2) is 12.3 Å². The number of carbonyl (C=O) groups excluding carboxylic acids is 1. The van der Waals surface area contributed by atoms with Gasteiger partial charge in [0.1, 0.15) is 5.82 Å². The molecule has 1 atom stereocenters. The van der Waals surface area contributed by atoms with Gasteiger partial charge in [0.25, 0.3) is 0 Å². The van der Waals surface area contributed by atoms with Crippen molar-refractivity contribution in [3.63, 3.8) is 0 Å². The van der Waals surface area contributed by atoms with Crippen molar-refractivity contribution in [1.82, 2.24) is 9.97 Å². The van der Waals surface area contributed by atoms with Crippen LogP contribution in [0.25, 0.3) is 0 Å². The van der Waals surface area contributed by atoms with Crippen LogP contribution >= 0.6 is 0 Å². The molecule has 6 heteroatoms. The first-order valence-electron chi connectivity index (χ1n) is 6.55. The van der Waals surface area contributed by atoms with Crippen LogP contribution < -0.4 is 4.90 Å². The molecule has 1 aromatic heterocycles. The molecule has 1 unspecified atom stereocenters. The number of rotatable bonds is 4. The maximum atomic E-state index is 11.4. The number of aliphatic hydroxyl groups excluding tert-OH is 1. The third-order valence-electron chi connectivity index (χ3n) is 3.39. The van der Waals surface area contributed by atoms with Crippen molar-refractivity contribution in [3.8, 4) is 0 Å². The van der Waals surface area contributed by atoms with Crippen molar-refractivity contribution in [3.05, 3.63) is 18.1 Å². The Morgan fingerprint density at radius 2 is 2.42 bits per heavy atom. The summed E-state index contributed by atoms with van der Waals surface area (Å²) in [5, 5.41) is 9.13. The summed E-state index contributed by atoms with van der Waals surface area (Å²) in [5.74, 6) is 0.277. The lowest BCUT2D eigenvalue weighted by molar-refractivity contribution is 0.0586. The number of carbonyl (C=O) groups is 1.